The monoisotopic (exact) mass is 545 g/mol. The molecule has 10 nitrogen and oxygen atoms in total. The molecule has 0 fully saturated rings. The Bertz CT molecular complexity index is 1810. The van der Waals surface area contributed by atoms with Crippen molar-refractivity contribution in [3.05, 3.63) is 93.9 Å². The van der Waals surface area contributed by atoms with Crippen molar-refractivity contribution >= 4 is 22.6 Å². The second kappa shape index (κ2) is 10.8. The number of nitrogens with one attached hydrogen (secondary N) is 2. The number of H-pyrrole nitrogens is 1. The van der Waals surface area contributed by atoms with Gasteiger partial charge in [0, 0.05) is 41.3 Å². The van der Waals surface area contributed by atoms with Gasteiger partial charge in [0.15, 0.2) is 23.1 Å². The standard InChI is InChI=1S/C28H21F2N5O5/c1-14-23(26(36)24(35-34-14)15-4-6-16(29)7-5-15)27(37)32-17-8-9-20(18(30)12-17)40-21-10-11-31-19-13-22(38-2)28(39-3)33-25(19)21/h4-13H,1-3H3,(H,32,37)(H,34,36). The van der Waals surface area contributed by atoms with Crippen molar-refractivity contribution in [2.75, 3.05) is 19.5 Å². The molecule has 0 bridgehead atoms. The molecule has 0 radical (unpaired) electrons. The van der Waals surface area contributed by atoms with E-state index < -0.39 is 23.0 Å². The Hall–Kier alpha value is -5.39. The van der Waals surface area contributed by atoms with E-state index in [0.29, 0.717) is 22.3 Å². The molecule has 5 aromatic rings. The number of aryl methyl sites for hydroxylation is 1. The topological polar surface area (TPSA) is 128 Å². The van der Waals surface area contributed by atoms with Gasteiger partial charge in [0.25, 0.3) is 11.8 Å². The summed E-state index contributed by atoms with van der Waals surface area (Å²) in [5.74, 6) is -1.38. The maximum Gasteiger partial charge on any atom is 0.261 e. The number of rotatable bonds is 7. The number of carbonyl (C=O) groups excluding carboxylic acids is 1. The van der Waals surface area contributed by atoms with Crippen LogP contribution in [0.15, 0.2) is 65.6 Å². The summed E-state index contributed by atoms with van der Waals surface area (Å²) in [6.45, 7) is 1.51. The maximum absolute atomic E-state index is 15.1. The van der Waals surface area contributed by atoms with Crippen LogP contribution in [0.2, 0.25) is 0 Å². The third kappa shape index (κ3) is 5.01. The number of nitrogens with zero attached hydrogens (tertiary/aromatic N) is 3. The van der Waals surface area contributed by atoms with Gasteiger partial charge in [-0.05, 0) is 43.3 Å². The molecule has 2 aromatic carbocycles. The minimum atomic E-state index is -0.782. The molecule has 40 heavy (non-hydrogen) atoms. The first-order valence-electron chi connectivity index (χ1n) is 11.8. The molecule has 3 aromatic heterocycles. The lowest BCUT2D eigenvalue weighted by Crippen LogP contribution is -2.26. The first kappa shape index (κ1) is 26.2. The number of hydrogen-bond acceptors (Lipinski definition) is 8. The fourth-order valence-electron chi connectivity index (χ4n) is 3.97. The second-order valence-corrected chi connectivity index (χ2v) is 8.49. The van der Waals surface area contributed by atoms with E-state index in [1.165, 1.54) is 69.8 Å². The highest BCUT2D eigenvalue weighted by Gasteiger charge is 2.20. The minimum Gasteiger partial charge on any atom is -0.491 e. The van der Waals surface area contributed by atoms with Crippen LogP contribution in [0.3, 0.4) is 0 Å². The van der Waals surface area contributed by atoms with Crippen molar-refractivity contribution in [1.29, 1.82) is 0 Å². The summed E-state index contributed by atoms with van der Waals surface area (Å²) in [5.41, 5.74) is 0.449. The lowest BCUT2D eigenvalue weighted by Gasteiger charge is -2.13. The molecule has 0 spiro atoms. The van der Waals surface area contributed by atoms with Gasteiger partial charge in [0.2, 0.25) is 5.43 Å². The number of aromatic amines is 1. The van der Waals surface area contributed by atoms with Crippen LogP contribution in [-0.4, -0.2) is 40.3 Å². The molecule has 12 heteroatoms. The van der Waals surface area contributed by atoms with Crippen LogP contribution in [0.25, 0.3) is 22.3 Å². The molecule has 1 amide bonds. The summed E-state index contributed by atoms with van der Waals surface area (Å²) >= 11 is 0. The molecule has 0 aliphatic carbocycles. The first-order chi connectivity index (χ1) is 19.3. The number of amides is 1. The number of ether oxygens (including phenoxy) is 3. The lowest BCUT2D eigenvalue weighted by atomic mass is 10.1. The fourth-order valence-corrected chi connectivity index (χ4v) is 3.97. The number of carbonyl (C=O) groups is 1. The molecular weight excluding hydrogens is 524 g/mol. The van der Waals surface area contributed by atoms with Gasteiger partial charge in [-0.2, -0.15) is 5.10 Å². The molecule has 5 rings (SSSR count). The van der Waals surface area contributed by atoms with E-state index >= 15 is 4.39 Å². The Labute approximate surface area is 225 Å². The van der Waals surface area contributed by atoms with Crippen molar-refractivity contribution in [1.82, 2.24) is 20.2 Å². The largest absolute Gasteiger partial charge is 0.491 e. The Morgan fingerprint density at radius 3 is 2.42 bits per heavy atom. The molecule has 0 atom stereocenters. The highest BCUT2D eigenvalue weighted by atomic mass is 19.1. The predicted octanol–water partition coefficient (Wildman–Crippen LogP) is 5.03. The van der Waals surface area contributed by atoms with Crippen molar-refractivity contribution in [3.8, 4) is 34.4 Å². The number of hydrogen-bond donors (Lipinski definition) is 2. The van der Waals surface area contributed by atoms with Crippen LogP contribution in [0, 0.1) is 18.6 Å². The Balaban J connectivity index is 1.40. The van der Waals surface area contributed by atoms with Gasteiger partial charge >= 0.3 is 0 Å². The summed E-state index contributed by atoms with van der Waals surface area (Å²) in [7, 11) is 2.91. The number of fused-ring (bicyclic) bond motifs is 1. The Kier molecular flexibility index (Phi) is 7.06. The van der Waals surface area contributed by atoms with Crippen LogP contribution in [0.4, 0.5) is 14.5 Å². The lowest BCUT2D eigenvalue weighted by molar-refractivity contribution is 0.102. The third-order valence-electron chi connectivity index (χ3n) is 5.93. The smallest absolute Gasteiger partial charge is 0.261 e. The van der Waals surface area contributed by atoms with E-state index in [4.69, 9.17) is 14.2 Å². The summed E-state index contributed by atoms with van der Waals surface area (Å²) in [4.78, 5) is 34.7. The normalized spacial score (nSPS) is 10.8. The zero-order valence-electron chi connectivity index (χ0n) is 21.4. The van der Waals surface area contributed by atoms with E-state index in [1.54, 1.807) is 6.07 Å². The van der Waals surface area contributed by atoms with Crippen molar-refractivity contribution < 1.29 is 27.8 Å². The van der Waals surface area contributed by atoms with Crippen LogP contribution in [0.1, 0.15) is 16.1 Å². The zero-order valence-corrected chi connectivity index (χ0v) is 21.4. The van der Waals surface area contributed by atoms with Crippen LogP contribution >= 0.6 is 0 Å². The van der Waals surface area contributed by atoms with E-state index in [2.05, 4.69) is 25.5 Å². The molecule has 0 saturated carbocycles. The quantitative estimate of drug-likeness (QED) is 0.292. The molecule has 3 heterocycles. The van der Waals surface area contributed by atoms with E-state index in [1.807, 2.05) is 0 Å². The Morgan fingerprint density at radius 2 is 1.73 bits per heavy atom. The zero-order chi connectivity index (χ0) is 28.4. The molecule has 0 saturated heterocycles. The van der Waals surface area contributed by atoms with Gasteiger partial charge in [-0.3, -0.25) is 19.7 Å². The van der Waals surface area contributed by atoms with Crippen LogP contribution < -0.4 is 25.0 Å². The average molecular weight is 546 g/mol. The van der Waals surface area contributed by atoms with Crippen molar-refractivity contribution in [2.45, 2.75) is 6.92 Å². The first-order valence-corrected chi connectivity index (χ1v) is 11.8. The van der Waals surface area contributed by atoms with Crippen molar-refractivity contribution in [2.24, 2.45) is 0 Å². The maximum atomic E-state index is 15.1. The summed E-state index contributed by atoms with van der Waals surface area (Å²) < 4.78 is 44.6. The van der Waals surface area contributed by atoms with E-state index in [-0.39, 0.29) is 40.0 Å². The number of anilines is 1. The summed E-state index contributed by atoms with van der Waals surface area (Å²) in [5, 5.41) is 9.16. The number of pyridine rings is 2. The van der Waals surface area contributed by atoms with Gasteiger partial charge in [0.05, 0.1) is 19.7 Å². The predicted molar refractivity (Wildman–Crippen MR) is 142 cm³/mol. The van der Waals surface area contributed by atoms with E-state index in [9.17, 15) is 14.0 Å². The van der Waals surface area contributed by atoms with Crippen LogP contribution in [0.5, 0.6) is 23.1 Å². The molecule has 2 N–H and O–H groups in total. The highest BCUT2D eigenvalue weighted by Crippen LogP contribution is 2.35. The Morgan fingerprint density at radius 1 is 0.950 bits per heavy atom. The molecular formula is C28H21F2N5O5. The van der Waals surface area contributed by atoms with Crippen LogP contribution in [-0.2, 0) is 0 Å². The average Bonchev–Trinajstić information content (AvgIpc) is 2.94. The fraction of sp³-hybridized carbons (Fsp3) is 0.107. The number of benzene rings is 2. The summed E-state index contributed by atoms with van der Waals surface area (Å²) in [6.07, 6.45) is 1.48. The van der Waals surface area contributed by atoms with Gasteiger partial charge in [0.1, 0.15) is 22.6 Å². The molecule has 0 aliphatic rings. The van der Waals surface area contributed by atoms with Gasteiger partial charge < -0.3 is 19.5 Å². The number of methoxy groups -OCH3 is 2. The van der Waals surface area contributed by atoms with Gasteiger partial charge in [-0.25, -0.2) is 13.8 Å². The van der Waals surface area contributed by atoms with Crippen molar-refractivity contribution in [3.63, 3.8) is 0 Å². The van der Waals surface area contributed by atoms with Gasteiger partial charge in [-0.15, -0.1) is 0 Å². The molecule has 0 unspecified atom stereocenters. The number of halogens is 2. The third-order valence-corrected chi connectivity index (χ3v) is 5.93. The summed E-state index contributed by atoms with van der Waals surface area (Å²) in [6, 6.07) is 12.1. The molecule has 0 aliphatic heterocycles. The molecule has 202 valence electrons. The van der Waals surface area contributed by atoms with Gasteiger partial charge in [-0.1, -0.05) is 0 Å². The minimum absolute atomic E-state index is 0.0573. The highest BCUT2D eigenvalue weighted by molar-refractivity contribution is 6.05. The second-order valence-electron chi connectivity index (χ2n) is 8.49. The SMILES string of the molecule is COc1cc2nccc(Oc3ccc(NC(=O)c4c(C)[nH]nc(-c5ccc(F)cc5)c4=O)cc3F)c2nc1OC. The number of aromatic nitrogens is 4. The van der Waals surface area contributed by atoms with E-state index in [0.717, 1.165) is 6.07 Å².